The molecule has 1 aliphatic rings. The first kappa shape index (κ1) is 11.0. The summed E-state index contributed by atoms with van der Waals surface area (Å²) >= 11 is 0. The van der Waals surface area contributed by atoms with Gasteiger partial charge in [-0.05, 0) is 26.2 Å². The van der Waals surface area contributed by atoms with Gasteiger partial charge in [0.1, 0.15) is 6.04 Å². The lowest BCUT2D eigenvalue weighted by Gasteiger charge is -2.08. The van der Waals surface area contributed by atoms with Crippen molar-refractivity contribution in [2.45, 2.75) is 51.6 Å². The highest BCUT2D eigenvalue weighted by Gasteiger charge is 2.25. The fourth-order valence-electron chi connectivity index (χ4n) is 1.18. The highest BCUT2D eigenvalue weighted by Crippen LogP contribution is 2.18. The summed E-state index contributed by atoms with van der Waals surface area (Å²) in [6, 6.07) is 0.0506. The quantitative estimate of drug-likeness (QED) is 0.506. The van der Waals surface area contributed by atoms with Crippen molar-refractivity contribution in [1.82, 2.24) is 5.32 Å². The molecule has 3 N–H and O–H groups in total. The van der Waals surface area contributed by atoms with Gasteiger partial charge in [-0.1, -0.05) is 6.92 Å². The van der Waals surface area contributed by atoms with Crippen LogP contribution in [0, 0.1) is 0 Å². The van der Waals surface area contributed by atoms with Crippen molar-refractivity contribution < 1.29 is 4.79 Å². The fourth-order valence-corrected chi connectivity index (χ4v) is 1.18. The van der Waals surface area contributed by atoms with Crippen molar-refractivity contribution >= 4 is 11.7 Å². The molecule has 1 fully saturated rings. The van der Waals surface area contributed by atoms with E-state index >= 15 is 0 Å². The maximum absolute atomic E-state index is 11.5. The van der Waals surface area contributed by atoms with E-state index < -0.39 is 0 Å². The molecule has 0 bridgehead atoms. The average molecular weight is 197 g/mol. The Morgan fingerprint density at radius 3 is 2.79 bits per heavy atom. The molecule has 80 valence electrons. The molecule has 1 rings (SSSR count). The molecule has 0 spiro atoms. The molecule has 1 amide bonds. The fraction of sp³-hybridized carbons (Fsp3) is 0.800. The Hall–Kier alpha value is -1.06. The third-order valence-corrected chi connectivity index (χ3v) is 2.17. The molecule has 0 aromatic rings. The lowest BCUT2D eigenvalue weighted by molar-refractivity contribution is -0.122. The number of nitrogens with one attached hydrogen (secondary N) is 1. The number of carbonyl (C=O) groups is 1. The Morgan fingerprint density at radius 1 is 1.64 bits per heavy atom. The Morgan fingerprint density at radius 2 is 2.29 bits per heavy atom. The van der Waals surface area contributed by atoms with Gasteiger partial charge >= 0.3 is 0 Å². The van der Waals surface area contributed by atoms with Gasteiger partial charge in [-0.15, -0.1) is 0 Å². The van der Waals surface area contributed by atoms with E-state index in [1.165, 1.54) is 0 Å². The maximum atomic E-state index is 11.5. The molecule has 4 nitrogen and oxygen atoms in total. The van der Waals surface area contributed by atoms with E-state index in [-0.39, 0.29) is 11.9 Å². The standard InChI is InChI=1S/C10H19N3O/c1-3-4-9(11)12-7(2)10(14)13-8-5-6-8/h7-8H,3-6H2,1-2H3,(H2,11,12)(H,13,14). The van der Waals surface area contributed by atoms with Crippen molar-refractivity contribution in [3.63, 3.8) is 0 Å². The predicted octanol–water partition coefficient (Wildman–Crippen LogP) is 0.811. The summed E-state index contributed by atoms with van der Waals surface area (Å²) in [6.45, 7) is 3.82. The van der Waals surface area contributed by atoms with Crippen LogP contribution in [0.15, 0.2) is 4.99 Å². The minimum atomic E-state index is -0.345. The average Bonchev–Trinajstić information content (AvgIpc) is 2.88. The number of nitrogens with zero attached hydrogens (tertiary/aromatic N) is 1. The Kier molecular flexibility index (Phi) is 3.92. The molecule has 1 atom stereocenters. The van der Waals surface area contributed by atoms with E-state index in [2.05, 4.69) is 10.3 Å². The second-order valence-electron chi connectivity index (χ2n) is 3.83. The molecule has 0 aromatic carbocycles. The third kappa shape index (κ3) is 3.77. The number of amidine groups is 1. The first-order valence-electron chi connectivity index (χ1n) is 5.26. The molecule has 0 saturated heterocycles. The topological polar surface area (TPSA) is 67.5 Å². The molecule has 1 saturated carbocycles. The van der Waals surface area contributed by atoms with E-state index in [1.54, 1.807) is 6.92 Å². The van der Waals surface area contributed by atoms with Crippen LogP contribution in [0.5, 0.6) is 0 Å². The van der Waals surface area contributed by atoms with Crippen LogP contribution in [0.4, 0.5) is 0 Å². The normalized spacial score (nSPS) is 19.1. The monoisotopic (exact) mass is 197 g/mol. The number of rotatable bonds is 5. The predicted molar refractivity (Wildman–Crippen MR) is 57.2 cm³/mol. The van der Waals surface area contributed by atoms with Gasteiger partial charge in [0, 0.05) is 12.5 Å². The summed E-state index contributed by atoms with van der Waals surface area (Å²) in [7, 11) is 0. The number of hydrogen-bond acceptors (Lipinski definition) is 2. The van der Waals surface area contributed by atoms with Gasteiger partial charge in [0.05, 0.1) is 5.84 Å². The van der Waals surface area contributed by atoms with E-state index in [4.69, 9.17) is 5.73 Å². The van der Waals surface area contributed by atoms with Gasteiger partial charge in [-0.25, -0.2) is 0 Å². The molecule has 0 aliphatic heterocycles. The molecule has 0 radical (unpaired) electrons. The van der Waals surface area contributed by atoms with Crippen LogP contribution in [0.1, 0.15) is 39.5 Å². The van der Waals surface area contributed by atoms with Crippen molar-refractivity contribution in [3.05, 3.63) is 0 Å². The molecule has 0 aromatic heterocycles. The minimum absolute atomic E-state index is 0.00782. The third-order valence-electron chi connectivity index (χ3n) is 2.17. The van der Waals surface area contributed by atoms with Gasteiger partial charge in [-0.2, -0.15) is 0 Å². The maximum Gasteiger partial charge on any atom is 0.244 e. The smallest absolute Gasteiger partial charge is 0.244 e. The highest BCUT2D eigenvalue weighted by atomic mass is 16.2. The largest absolute Gasteiger partial charge is 0.387 e. The van der Waals surface area contributed by atoms with E-state index in [0.717, 1.165) is 25.7 Å². The zero-order valence-corrected chi connectivity index (χ0v) is 8.92. The molecular formula is C10H19N3O. The van der Waals surface area contributed by atoms with Crippen molar-refractivity contribution in [1.29, 1.82) is 0 Å². The SMILES string of the molecule is CCCC(N)=NC(C)C(=O)NC1CC1. The van der Waals surface area contributed by atoms with Crippen molar-refractivity contribution in [3.8, 4) is 0 Å². The molecule has 0 heterocycles. The number of amides is 1. The number of nitrogens with two attached hydrogens (primary N) is 1. The molecular weight excluding hydrogens is 178 g/mol. The zero-order valence-electron chi connectivity index (χ0n) is 8.92. The zero-order chi connectivity index (χ0) is 10.6. The molecule has 14 heavy (non-hydrogen) atoms. The molecule has 1 aliphatic carbocycles. The van der Waals surface area contributed by atoms with E-state index in [9.17, 15) is 4.79 Å². The summed E-state index contributed by atoms with van der Waals surface area (Å²) in [5, 5.41) is 2.90. The summed E-state index contributed by atoms with van der Waals surface area (Å²) < 4.78 is 0. The van der Waals surface area contributed by atoms with Gasteiger partial charge in [-0.3, -0.25) is 9.79 Å². The van der Waals surface area contributed by atoms with E-state index in [0.29, 0.717) is 11.9 Å². The number of carbonyl (C=O) groups excluding carboxylic acids is 1. The minimum Gasteiger partial charge on any atom is -0.387 e. The van der Waals surface area contributed by atoms with Crippen LogP contribution in [0.25, 0.3) is 0 Å². The van der Waals surface area contributed by atoms with Crippen LogP contribution in [-0.4, -0.2) is 23.8 Å². The van der Waals surface area contributed by atoms with Crippen LogP contribution >= 0.6 is 0 Å². The first-order valence-corrected chi connectivity index (χ1v) is 5.26. The van der Waals surface area contributed by atoms with Crippen LogP contribution < -0.4 is 11.1 Å². The lowest BCUT2D eigenvalue weighted by atomic mass is 10.3. The molecule has 4 heteroatoms. The van der Waals surface area contributed by atoms with Gasteiger partial charge in [0.2, 0.25) is 5.91 Å². The lowest BCUT2D eigenvalue weighted by Crippen LogP contribution is -2.34. The summed E-state index contributed by atoms with van der Waals surface area (Å²) in [5.74, 6) is 0.567. The number of hydrogen-bond donors (Lipinski definition) is 2. The summed E-state index contributed by atoms with van der Waals surface area (Å²) in [4.78, 5) is 15.6. The number of aliphatic imine (C=N–C) groups is 1. The van der Waals surface area contributed by atoms with Crippen molar-refractivity contribution in [2.24, 2.45) is 10.7 Å². The van der Waals surface area contributed by atoms with Gasteiger partial charge < -0.3 is 11.1 Å². The van der Waals surface area contributed by atoms with Gasteiger partial charge in [0.25, 0.3) is 0 Å². The van der Waals surface area contributed by atoms with E-state index in [1.807, 2.05) is 6.92 Å². The second-order valence-corrected chi connectivity index (χ2v) is 3.83. The first-order chi connectivity index (χ1) is 6.63. The highest BCUT2D eigenvalue weighted by molar-refractivity contribution is 5.87. The Labute approximate surface area is 85.0 Å². The van der Waals surface area contributed by atoms with Crippen LogP contribution in [0.3, 0.4) is 0 Å². The summed E-state index contributed by atoms with van der Waals surface area (Å²) in [5.41, 5.74) is 5.64. The Bertz CT molecular complexity index is 234. The van der Waals surface area contributed by atoms with Crippen LogP contribution in [0.2, 0.25) is 0 Å². The second kappa shape index (κ2) is 4.98. The van der Waals surface area contributed by atoms with Crippen molar-refractivity contribution in [2.75, 3.05) is 0 Å². The Balaban J connectivity index is 2.34. The van der Waals surface area contributed by atoms with Crippen LogP contribution in [-0.2, 0) is 4.79 Å². The molecule has 1 unspecified atom stereocenters. The van der Waals surface area contributed by atoms with Gasteiger partial charge in [0.15, 0.2) is 0 Å². The summed E-state index contributed by atoms with van der Waals surface area (Å²) in [6.07, 6.45) is 3.94.